The normalized spacial score (nSPS) is 12.1. The van der Waals surface area contributed by atoms with E-state index in [2.05, 4.69) is 0 Å². The van der Waals surface area contributed by atoms with Crippen LogP contribution in [-0.4, -0.2) is 35.9 Å². The van der Waals surface area contributed by atoms with E-state index in [4.69, 9.17) is 30.5 Å². The number of esters is 1. The quantitative estimate of drug-likeness (QED) is 0.312. The molecule has 0 heterocycles. The van der Waals surface area contributed by atoms with Gasteiger partial charge in [-0.15, -0.1) is 0 Å². The molecule has 0 spiro atoms. The van der Waals surface area contributed by atoms with Gasteiger partial charge in [0, 0.05) is 23.1 Å². The Morgan fingerprint density at radius 2 is 1.32 bits per heavy atom. The first-order valence-corrected chi connectivity index (χ1v) is 10.0. The van der Waals surface area contributed by atoms with Gasteiger partial charge in [0.1, 0.15) is 5.75 Å². The van der Waals surface area contributed by atoms with E-state index >= 15 is 0 Å². The van der Waals surface area contributed by atoms with Crippen LogP contribution in [-0.2, 0) is 19.0 Å². The molecule has 0 radical (unpaired) electrons. The van der Waals surface area contributed by atoms with Crippen molar-refractivity contribution in [2.75, 3.05) is 0 Å². The molecular formula is C23H25ClO7. The molecule has 0 N–H and O–H groups in total. The van der Waals surface area contributed by atoms with Crippen LogP contribution < -0.4 is 4.74 Å². The lowest BCUT2D eigenvalue weighted by Crippen LogP contribution is -2.42. The van der Waals surface area contributed by atoms with Crippen molar-refractivity contribution < 1.29 is 33.3 Å². The van der Waals surface area contributed by atoms with Crippen molar-refractivity contribution in [3.63, 3.8) is 0 Å². The lowest BCUT2D eigenvalue weighted by Gasteiger charge is -2.26. The van der Waals surface area contributed by atoms with E-state index in [1.54, 1.807) is 62.4 Å². The fourth-order valence-corrected chi connectivity index (χ4v) is 2.58. The molecule has 0 fully saturated rings. The Hall–Kier alpha value is -3.06. The molecule has 0 aliphatic heterocycles. The summed E-state index contributed by atoms with van der Waals surface area (Å²) in [6, 6.07) is 12.9. The van der Waals surface area contributed by atoms with Gasteiger partial charge in [-0.25, -0.2) is 9.59 Å². The molecule has 0 amide bonds. The van der Waals surface area contributed by atoms with E-state index < -0.39 is 24.0 Å². The molecule has 0 aliphatic carbocycles. The molecule has 166 valence electrons. The van der Waals surface area contributed by atoms with Crippen LogP contribution in [0.4, 0.5) is 4.79 Å². The number of rotatable bonds is 8. The van der Waals surface area contributed by atoms with E-state index in [-0.39, 0.29) is 11.9 Å². The van der Waals surface area contributed by atoms with Crippen molar-refractivity contribution in [1.82, 2.24) is 0 Å². The maximum absolute atomic E-state index is 12.5. The van der Waals surface area contributed by atoms with Crippen LogP contribution in [0.1, 0.15) is 50.5 Å². The summed E-state index contributed by atoms with van der Waals surface area (Å²) in [7, 11) is 0. The molecular weight excluding hydrogens is 424 g/mol. The van der Waals surface area contributed by atoms with Gasteiger partial charge in [0.25, 0.3) is 0 Å². The van der Waals surface area contributed by atoms with Crippen LogP contribution >= 0.6 is 11.6 Å². The fraction of sp³-hybridized carbons (Fsp3) is 0.348. The molecule has 31 heavy (non-hydrogen) atoms. The smallest absolute Gasteiger partial charge is 0.476 e. The Balaban J connectivity index is 1.97. The van der Waals surface area contributed by atoms with Crippen molar-refractivity contribution in [1.29, 1.82) is 0 Å². The zero-order valence-corrected chi connectivity index (χ0v) is 18.8. The molecule has 0 aliphatic rings. The summed E-state index contributed by atoms with van der Waals surface area (Å²) in [6.45, 7) is 7.77. The Morgan fingerprint density at radius 3 is 1.84 bits per heavy atom. The second-order valence-corrected chi connectivity index (χ2v) is 7.92. The van der Waals surface area contributed by atoms with Crippen LogP contribution in [0.5, 0.6) is 5.75 Å². The molecule has 0 saturated carbocycles. The van der Waals surface area contributed by atoms with E-state index in [0.717, 1.165) is 0 Å². The molecule has 0 aromatic heterocycles. The van der Waals surface area contributed by atoms with Gasteiger partial charge in [-0.2, -0.15) is 0 Å². The van der Waals surface area contributed by atoms with Gasteiger partial charge >= 0.3 is 12.1 Å². The Bertz CT molecular complexity index is 918. The summed E-state index contributed by atoms with van der Waals surface area (Å²) in [5, 5.41) is 0.547. The average molecular weight is 449 g/mol. The maximum atomic E-state index is 12.5. The number of hydrogen-bond donors (Lipinski definition) is 0. The summed E-state index contributed by atoms with van der Waals surface area (Å²) in [4.78, 5) is 36.4. The Kier molecular flexibility index (Phi) is 8.05. The lowest BCUT2D eigenvalue weighted by molar-refractivity contribution is -0.183. The van der Waals surface area contributed by atoms with Gasteiger partial charge in [-0.1, -0.05) is 11.6 Å². The number of hydrogen-bond acceptors (Lipinski definition) is 7. The molecule has 2 aromatic carbocycles. The van der Waals surface area contributed by atoms with Gasteiger partial charge in [-0.05, 0) is 76.2 Å². The summed E-state index contributed by atoms with van der Waals surface area (Å²) in [5.41, 5.74) is -0.408. The molecule has 7 nitrogen and oxygen atoms in total. The number of ketones is 1. The number of ether oxygens (including phenoxy) is 4. The molecule has 0 bridgehead atoms. The monoisotopic (exact) mass is 448 g/mol. The molecule has 8 heteroatoms. The summed E-state index contributed by atoms with van der Waals surface area (Å²) in [5.74, 6) is -0.540. The zero-order valence-electron chi connectivity index (χ0n) is 18.0. The minimum atomic E-state index is -1.37. The van der Waals surface area contributed by atoms with Gasteiger partial charge in [0.2, 0.25) is 6.29 Å². The van der Waals surface area contributed by atoms with Crippen molar-refractivity contribution in [3.8, 4) is 5.75 Å². The van der Waals surface area contributed by atoms with E-state index in [0.29, 0.717) is 21.9 Å². The first kappa shape index (κ1) is 24.2. The highest BCUT2D eigenvalue weighted by Crippen LogP contribution is 2.22. The first-order valence-electron chi connectivity index (χ1n) is 9.65. The van der Waals surface area contributed by atoms with E-state index in [1.165, 1.54) is 20.8 Å². The van der Waals surface area contributed by atoms with Crippen LogP contribution in [0.2, 0.25) is 5.02 Å². The van der Waals surface area contributed by atoms with Crippen LogP contribution in [0.25, 0.3) is 0 Å². The largest absolute Gasteiger partial charge is 0.511 e. The average Bonchev–Trinajstić information content (AvgIpc) is 2.67. The molecule has 0 saturated heterocycles. The Morgan fingerprint density at radius 1 is 0.806 bits per heavy atom. The number of benzene rings is 2. The number of carbonyl (C=O) groups excluding carboxylic acids is 3. The predicted octanol–water partition coefficient (Wildman–Crippen LogP) is 5.18. The van der Waals surface area contributed by atoms with Gasteiger partial charge in [0.05, 0.1) is 6.10 Å². The second-order valence-electron chi connectivity index (χ2n) is 7.48. The second kappa shape index (κ2) is 10.3. The third-order valence-corrected chi connectivity index (χ3v) is 4.21. The van der Waals surface area contributed by atoms with Crippen molar-refractivity contribution in [2.24, 2.45) is 0 Å². The SMILES string of the molecule is CC(C)OC(=O)OC(C)OC(=O)C(C)(C)Oc1ccc(C(=O)c2ccc(Cl)cc2)cc1. The third-order valence-electron chi connectivity index (χ3n) is 3.95. The van der Waals surface area contributed by atoms with Crippen molar-refractivity contribution in [2.45, 2.75) is 52.6 Å². The van der Waals surface area contributed by atoms with Gasteiger partial charge in [0.15, 0.2) is 11.4 Å². The minimum absolute atomic E-state index is 0.166. The van der Waals surface area contributed by atoms with Crippen LogP contribution in [0.15, 0.2) is 48.5 Å². The fourth-order valence-electron chi connectivity index (χ4n) is 2.45. The highest BCUT2D eigenvalue weighted by Gasteiger charge is 2.34. The highest BCUT2D eigenvalue weighted by atomic mass is 35.5. The Labute approximate surface area is 186 Å². The summed E-state index contributed by atoms with van der Waals surface area (Å²) in [6.07, 6.45) is -2.44. The van der Waals surface area contributed by atoms with Crippen LogP contribution in [0, 0.1) is 0 Å². The van der Waals surface area contributed by atoms with Crippen LogP contribution in [0.3, 0.4) is 0 Å². The van der Waals surface area contributed by atoms with Crippen molar-refractivity contribution >= 4 is 29.5 Å². The van der Waals surface area contributed by atoms with Gasteiger partial charge in [-0.3, -0.25) is 4.79 Å². The first-order chi connectivity index (χ1) is 14.5. The highest BCUT2D eigenvalue weighted by molar-refractivity contribution is 6.30. The molecule has 2 rings (SSSR count). The zero-order chi connectivity index (χ0) is 23.2. The number of carbonyl (C=O) groups is 3. The third kappa shape index (κ3) is 7.29. The maximum Gasteiger partial charge on any atom is 0.511 e. The van der Waals surface area contributed by atoms with Crippen molar-refractivity contribution in [3.05, 3.63) is 64.7 Å². The molecule has 2 aromatic rings. The summed E-state index contributed by atoms with van der Waals surface area (Å²) >= 11 is 5.85. The van der Waals surface area contributed by atoms with E-state index in [9.17, 15) is 14.4 Å². The lowest BCUT2D eigenvalue weighted by atomic mass is 10.0. The van der Waals surface area contributed by atoms with Gasteiger partial charge < -0.3 is 18.9 Å². The minimum Gasteiger partial charge on any atom is -0.476 e. The van der Waals surface area contributed by atoms with E-state index in [1.807, 2.05) is 0 Å². The summed E-state index contributed by atoms with van der Waals surface area (Å²) < 4.78 is 20.5. The standard InChI is InChI=1S/C23H25ClO7/c1-14(2)28-22(27)30-15(3)29-21(26)23(4,5)31-19-12-8-17(9-13-19)20(25)16-6-10-18(24)11-7-16/h6-15H,1-5H3. The molecule has 1 unspecified atom stereocenters. The number of halogens is 1. The topological polar surface area (TPSA) is 88.1 Å². The predicted molar refractivity (Wildman–Crippen MR) is 114 cm³/mol. The molecule has 1 atom stereocenters.